The number of allylic oxidation sites excluding steroid dienone is 2. The number of anilines is 2. The first-order valence-corrected chi connectivity index (χ1v) is 12.8. The van der Waals surface area contributed by atoms with Crippen LogP contribution in [0.4, 0.5) is 29.5 Å². The molecule has 0 bridgehead atoms. The number of aromatic nitrogens is 1. The highest BCUT2D eigenvalue weighted by atomic mass is 19.4. The fraction of sp³-hybridized carbons (Fsp3) is 0.267. The Morgan fingerprint density at radius 2 is 1.67 bits per heavy atom. The number of halogens is 3. The summed E-state index contributed by atoms with van der Waals surface area (Å²) < 4.78 is 44.7. The smallest absolute Gasteiger partial charge is 0.449 e. The number of benzene rings is 2. The molecule has 1 aliphatic heterocycles. The molecule has 0 unspecified atom stereocenters. The normalized spacial score (nSPS) is 14.2. The number of ether oxygens (including phenoxy) is 1. The highest BCUT2D eigenvalue weighted by molar-refractivity contribution is 5.92. The van der Waals surface area contributed by atoms with E-state index < -0.39 is 11.9 Å². The molecule has 2 aromatic carbocycles. The fourth-order valence-corrected chi connectivity index (χ4v) is 4.29. The number of pyridine rings is 1. The van der Waals surface area contributed by atoms with Gasteiger partial charge in [-0.05, 0) is 42.3 Å². The lowest BCUT2D eigenvalue weighted by Crippen LogP contribution is -2.53. The minimum Gasteiger partial charge on any atom is -0.452 e. The Balaban J connectivity index is 1.46. The van der Waals surface area contributed by atoms with E-state index in [0.717, 1.165) is 23.1 Å². The molecule has 2 heterocycles. The molecule has 0 aliphatic carbocycles. The Hall–Kier alpha value is -4.27. The van der Waals surface area contributed by atoms with E-state index in [9.17, 15) is 18.0 Å². The number of piperazine rings is 1. The lowest BCUT2D eigenvalue weighted by molar-refractivity contribution is -0.120. The van der Waals surface area contributed by atoms with Gasteiger partial charge in [-0.1, -0.05) is 62.0 Å². The zero-order valence-corrected chi connectivity index (χ0v) is 21.8. The van der Waals surface area contributed by atoms with E-state index in [1.807, 2.05) is 53.4 Å². The van der Waals surface area contributed by atoms with Gasteiger partial charge in [-0.3, -0.25) is 4.90 Å². The van der Waals surface area contributed by atoms with Crippen molar-refractivity contribution in [3.8, 4) is 0 Å². The van der Waals surface area contributed by atoms with Crippen molar-refractivity contribution in [3.63, 3.8) is 0 Å². The third-order valence-corrected chi connectivity index (χ3v) is 6.34. The second kappa shape index (κ2) is 12.5. The average Bonchev–Trinajstić information content (AvgIpc) is 2.96. The van der Waals surface area contributed by atoms with Gasteiger partial charge in [0.05, 0.1) is 6.54 Å². The van der Waals surface area contributed by atoms with E-state index in [4.69, 9.17) is 4.74 Å². The first-order chi connectivity index (χ1) is 18.8. The molecule has 1 fully saturated rings. The number of urea groups is 1. The summed E-state index contributed by atoms with van der Waals surface area (Å²) in [6, 6.07) is 21.9. The molecule has 1 aromatic heterocycles. The standard InChI is InChI=1S/C30H31F3N4O2/c1-3-9-27(30(31,32)33)39-23(2)25-15-13-24(14-16-25)22-37(26-10-5-4-6-11-26)29(38)36-20-18-35(19-21-36)28-12-7-8-17-34-28/h4-17H,2-3,18-22H2,1H3/b27-9-. The summed E-state index contributed by atoms with van der Waals surface area (Å²) in [5.74, 6) is -0.286. The molecular weight excluding hydrogens is 505 g/mol. The van der Waals surface area contributed by atoms with E-state index in [1.54, 1.807) is 42.3 Å². The maximum atomic E-state index is 13.7. The Kier molecular flexibility index (Phi) is 8.91. The molecule has 0 spiro atoms. The number of alkyl halides is 3. The van der Waals surface area contributed by atoms with Crippen molar-refractivity contribution in [2.45, 2.75) is 26.1 Å². The third kappa shape index (κ3) is 7.19. The number of hydrogen-bond donors (Lipinski definition) is 0. The zero-order valence-electron chi connectivity index (χ0n) is 21.8. The van der Waals surface area contributed by atoms with Crippen LogP contribution in [0.5, 0.6) is 0 Å². The number of nitrogens with zero attached hydrogens (tertiary/aromatic N) is 4. The van der Waals surface area contributed by atoms with Crippen molar-refractivity contribution in [1.29, 1.82) is 0 Å². The van der Waals surface area contributed by atoms with Gasteiger partial charge in [-0.25, -0.2) is 9.78 Å². The molecular formula is C30H31F3N4O2. The molecule has 39 heavy (non-hydrogen) atoms. The minimum atomic E-state index is -4.60. The summed E-state index contributed by atoms with van der Waals surface area (Å²) in [5, 5.41) is 0. The first-order valence-electron chi connectivity index (χ1n) is 12.8. The lowest BCUT2D eigenvalue weighted by atomic mass is 10.1. The predicted molar refractivity (Wildman–Crippen MR) is 147 cm³/mol. The Labute approximate surface area is 226 Å². The second-order valence-corrected chi connectivity index (χ2v) is 9.06. The van der Waals surface area contributed by atoms with Gasteiger partial charge in [0, 0.05) is 43.6 Å². The van der Waals surface area contributed by atoms with Gasteiger partial charge in [0.25, 0.3) is 0 Å². The lowest BCUT2D eigenvalue weighted by Gasteiger charge is -2.38. The van der Waals surface area contributed by atoms with Gasteiger partial charge in [0.15, 0.2) is 0 Å². The molecule has 2 amide bonds. The summed E-state index contributed by atoms with van der Waals surface area (Å²) in [7, 11) is 0. The van der Waals surface area contributed by atoms with Crippen LogP contribution in [0.15, 0.2) is 97.4 Å². The van der Waals surface area contributed by atoms with Crippen LogP contribution in [0, 0.1) is 0 Å². The molecule has 1 aliphatic rings. The highest BCUT2D eigenvalue weighted by Gasteiger charge is 2.36. The maximum absolute atomic E-state index is 13.7. The van der Waals surface area contributed by atoms with Gasteiger partial charge in [-0.2, -0.15) is 13.2 Å². The van der Waals surface area contributed by atoms with Crippen LogP contribution in [0.1, 0.15) is 24.5 Å². The van der Waals surface area contributed by atoms with E-state index >= 15 is 0 Å². The molecule has 3 aromatic rings. The number of hydrogen-bond acceptors (Lipinski definition) is 4. The fourth-order valence-electron chi connectivity index (χ4n) is 4.29. The number of para-hydroxylation sites is 1. The molecule has 0 radical (unpaired) electrons. The van der Waals surface area contributed by atoms with Gasteiger partial charge >= 0.3 is 12.2 Å². The average molecular weight is 537 g/mol. The third-order valence-electron chi connectivity index (χ3n) is 6.34. The minimum absolute atomic E-state index is 0.0969. The second-order valence-electron chi connectivity index (χ2n) is 9.06. The number of carbonyl (C=O) groups is 1. The van der Waals surface area contributed by atoms with Crippen molar-refractivity contribution in [2.24, 2.45) is 0 Å². The van der Waals surface area contributed by atoms with Crippen molar-refractivity contribution in [3.05, 3.63) is 109 Å². The molecule has 1 saturated heterocycles. The SMILES string of the molecule is C=C(O/C(=C\CC)C(F)(F)F)c1ccc(CN(C(=O)N2CCN(c3ccccn3)CC2)c2ccccc2)cc1. The number of carbonyl (C=O) groups excluding carboxylic acids is 1. The first kappa shape index (κ1) is 27.8. The van der Waals surface area contributed by atoms with E-state index in [2.05, 4.69) is 16.5 Å². The molecule has 204 valence electrons. The molecule has 4 rings (SSSR count). The zero-order chi connectivity index (χ0) is 27.8. The monoisotopic (exact) mass is 536 g/mol. The summed E-state index contributed by atoms with van der Waals surface area (Å²) in [4.78, 5) is 23.8. The van der Waals surface area contributed by atoms with Crippen molar-refractivity contribution in [2.75, 3.05) is 36.0 Å². The maximum Gasteiger partial charge on any atom is 0.449 e. The van der Waals surface area contributed by atoms with Crippen molar-refractivity contribution >= 4 is 23.3 Å². The molecule has 0 saturated carbocycles. The van der Waals surface area contributed by atoms with Crippen LogP contribution in [0.2, 0.25) is 0 Å². The highest BCUT2D eigenvalue weighted by Crippen LogP contribution is 2.31. The van der Waals surface area contributed by atoms with Crippen LogP contribution in [0.3, 0.4) is 0 Å². The van der Waals surface area contributed by atoms with E-state index in [-0.39, 0.29) is 18.2 Å². The predicted octanol–water partition coefficient (Wildman–Crippen LogP) is 6.87. The van der Waals surface area contributed by atoms with Crippen LogP contribution < -0.4 is 9.80 Å². The Bertz CT molecular complexity index is 1270. The van der Waals surface area contributed by atoms with Gasteiger partial charge < -0.3 is 14.5 Å². The summed E-state index contributed by atoms with van der Waals surface area (Å²) in [6.45, 7) is 8.03. The molecule has 9 heteroatoms. The van der Waals surface area contributed by atoms with E-state index in [1.165, 1.54) is 0 Å². The van der Waals surface area contributed by atoms with Crippen LogP contribution in [0.25, 0.3) is 5.76 Å². The molecule has 0 N–H and O–H groups in total. The number of amides is 2. The largest absolute Gasteiger partial charge is 0.452 e. The van der Waals surface area contributed by atoms with Crippen LogP contribution >= 0.6 is 0 Å². The molecule has 6 nitrogen and oxygen atoms in total. The van der Waals surface area contributed by atoms with E-state index in [0.29, 0.717) is 38.3 Å². The Morgan fingerprint density at radius 3 is 2.26 bits per heavy atom. The summed E-state index contributed by atoms with van der Waals surface area (Å²) in [5.41, 5.74) is 2.00. The van der Waals surface area contributed by atoms with Crippen molar-refractivity contribution < 1.29 is 22.7 Å². The molecule has 0 atom stereocenters. The van der Waals surface area contributed by atoms with Crippen molar-refractivity contribution in [1.82, 2.24) is 9.88 Å². The van der Waals surface area contributed by atoms with Gasteiger partial charge in [0.1, 0.15) is 11.6 Å². The quantitative estimate of drug-likeness (QED) is 0.295. The Morgan fingerprint density at radius 1 is 1.00 bits per heavy atom. The van der Waals surface area contributed by atoms with Gasteiger partial charge in [-0.15, -0.1) is 0 Å². The van der Waals surface area contributed by atoms with Crippen LogP contribution in [-0.4, -0.2) is 48.3 Å². The van der Waals surface area contributed by atoms with Gasteiger partial charge in [0.2, 0.25) is 5.76 Å². The summed E-state index contributed by atoms with van der Waals surface area (Å²) in [6.07, 6.45) is -1.67. The summed E-state index contributed by atoms with van der Waals surface area (Å²) >= 11 is 0. The van der Waals surface area contributed by atoms with Crippen LogP contribution in [-0.2, 0) is 11.3 Å². The topological polar surface area (TPSA) is 48.9 Å². The number of rotatable bonds is 8.